The van der Waals surface area contributed by atoms with Crippen LogP contribution in [-0.2, 0) is 6.42 Å². The molecule has 4 N–H and O–H groups in total. The highest BCUT2D eigenvalue weighted by atomic mass is 14.9. The molecule has 1 aliphatic rings. The Morgan fingerprint density at radius 2 is 2.17 bits per heavy atom. The number of nitrogens with two attached hydrogens (primary N) is 1. The lowest BCUT2D eigenvalue weighted by Gasteiger charge is -2.22. The second-order valence-electron chi connectivity index (χ2n) is 4.86. The second kappa shape index (κ2) is 6.36. The van der Waals surface area contributed by atoms with Crippen LogP contribution in [0.15, 0.2) is 30.5 Å². The molecule has 0 spiro atoms. The Morgan fingerprint density at radius 3 is 2.83 bits per heavy atom. The summed E-state index contributed by atoms with van der Waals surface area (Å²) in [6, 6.07) is 8.39. The fourth-order valence-corrected chi connectivity index (χ4v) is 2.52. The normalized spacial score (nSPS) is 17.7. The van der Waals surface area contributed by atoms with Crippen molar-refractivity contribution in [1.82, 2.24) is 5.32 Å². The molecule has 0 aliphatic carbocycles. The van der Waals surface area contributed by atoms with Crippen LogP contribution in [0.25, 0.3) is 5.57 Å². The first-order valence-electron chi connectivity index (χ1n) is 6.56. The summed E-state index contributed by atoms with van der Waals surface area (Å²) in [6.45, 7) is 2.28. The maximum Gasteiger partial charge on any atom is 0.0270 e. The van der Waals surface area contributed by atoms with E-state index in [2.05, 4.69) is 23.5 Å². The van der Waals surface area contributed by atoms with E-state index in [0.717, 1.165) is 36.6 Å². The van der Waals surface area contributed by atoms with Gasteiger partial charge in [0.2, 0.25) is 0 Å². The molecular weight excluding hydrogens is 222 g/mol. The average molecular weight is 243 g/mol. The lowest BCUT2D eigenvalue weighted by molar-refractivity contribution is 0.372. The number of benzene rings is 1. The Hall–Kier alpha value is -1.61. The molecule has 3 nitrogen and oxygen atoms in total. The number of hydrogen-bond acceptors (Lipinski definition) is 3. The third-order valence-corrected chi connectivity index (χ3v) is 3.58. The summed E-state index contributed by atoms with van der Waals surface area (Å²) in [6.07, 6.45) is 6.45. The molecule has 0 radical (unpaired) electrons. The van der Waals surface area contributed by atoms with Gasteiger partial charge in [-0.15, -0.1) is 0 Å². The van der Waals surface area contributed by atoms with Crippen LogP contribution in [0.5, 0.6) is 0 Å². The summed E-state index contributed by atoms with van der Waals surface area (Å²) in [4.78, 5) is 0. The molecule has 1 heterocycles. The van der Waals surface area contributed by atoms with Gasteiger partial charge in [-0.05, 0) is 49.4 Å². The van der Waals surface area contributed by atoms with Crippen molar-refractivity contribution in [2.45, 2.75) is 19.3 Å². The first kappa shape index (κ1) is 12.8. The molecule has 0 saturated carbocycles. The highest BCUT2D eigenvalue weighted by molar-refractivity contribution is 6.08. The molecule has 1 fully saturated rings. The van der Waals surface area contributed by atoms with E-state index in [9.17, 15) is 0 Å². The van der Waals surface area contributed by atoms with E-state index in [0.29, 0.717) is 0 Å². The largest absolute Gasteiger partial charge is 0.404 e. The highest BCUT2D eigenvalue weighted by Crippen LogP contribution is 2.20. The zero-order chi connectivity index (χ0) is 12.8. The van der Waals surface area contributed by atoms with Crippen molar-refractivity contribution in [2.75, 3.05) is 13.1 Å². The first-order chi connectivity index (χ1) is 8.83. The summed E-state index contributed by atoms with van der Waals surface area (Å²) >= 11 is 0. The van der Waals surface area contributed by atoms with Crippen molar-refractivity contribution in [3.8, 4) is 0 Å². The Morgan fingerprint density at radius 1 is 1.39 bits per heavy atom. The minimum absolute atomic E-state index is 0.780. The van der Waals surface area contributed by atoms with Crippen molar-refractivity contribution in [1.29, 1.82) is 5.41 Å². The van der Waals surface area contributed by atoms with E-state index < -0.39 is 0 Å². The minimum atomic E-state index is 0.780. The van der Waals surface area contributed by atoms with Gasteiger partial charge in [-0.25, -0.2) is 0 Å². The minimum Gasteiger partial charge on any atom is -0.404 e. The lowest BCUT2D eigenvalue weighted by atomic mass is 9.90. The Bertz CT molecular complexity index is 431. The van der Waals surface area contributed by atoms with Crippen molar-refractivity contribution in [2.24, 2.45) is 11.7 Å². The van der Waals surface area contributed by atoms with E-state index >= 15 is 0 Å². The molecule has 0 bridgehead atoms. The Labute approximate surface area is 109 Å². The van der Waals surface area contributed by atoms with Gasteiger partial charge in [0, 0.05) is 18.0 Å². The van der Waals surface area contributed by atoms with Crippen LogP contribution < -0.4 is 11.1 Å². The third-order valence-electron chi connectivity index (χ3n) is 3.58. The molecule has 3 heteroatoms. The molecule has 1 aromatic carbocycles. The second-order valence-corrected chi connectivity index (χ2v) is 4.86. The summed E-state index contributed by atoms with van der Waals surface area (Å²) in [5.74, 6) is 0.784. The Kier molecular flexibility index (Phi) is 4.53. The molecule has 0 aromatic heterocycles. The average Bonchev–Trinajstić information content (AvgIpc) is 2.42. The van der Waals surface area contributed by atoms with Crippen LogP contribution in [0.1, 0.15) is 24.0 Å². The first-order valence-corrected chi connectivity index (χ1v) is 6.56. The molecule has 1 aromatic rings. The van der Waals surface area contributed by atoms with Crippen LogP contribution in [0.2, 0.25) is 0 Å². The van der Waals surface area contributed by atoms with Gasteiger partial charge < -0.3 is 16.5 Å². The molecule has 0 amide bonds. The zero-order valence-electron chi connectivity index (χ0n) is 10.7. The standard InChI is InChI=1S/C15H21N3/c16-10-15(11-17)14-3-1-2-13(9-14)8-12-4-6-18-7-5-12/h1-3,9-12,16,18H,4-8,17H2/b15-11+,16-10?. The van der Waals surface area contributed by atoms with Crippen molar-refractivity contribution in [3.05, 3.63) is 41.6 Å². The number of allylic oxidation sites excluding steroid dienone is 1. The van der Waals surface area contributed by atoms with E-state index in [-0.39, 0.29) is 0 Å². The SMILES string of the molecule is N=C/C(=C\N)c1cccc(CC2CCNCC2)c1. The van der Waals surface area contributed by atoms with Gasteiger partial charge in [-0.3, -0.25) is 0 Å². The van der Waals surface area contributed by atoms with Gasteiger partial charge in [0.1, 0.15) is 0 Å². The van der Waals surface area contributed by atoms with Gasteiger partial charge in [-0.1, -0.05) is 24.3 Å². The molecule has 0 unspecified atom stereocenters. The Balaban J connectivity index is 2.09. The molecule has 96 valence electrons. The predicted molar refractivity (Wildman–Crippen MR) is 76.7 cm³/mol. The quantitative estimate of drug-likeness (QED) is 0.710. The van der Waals surface area contributed by atoms with Crippen molar-refractivity contribution >= 4 is 11.8 Å². The van der Waals surface area contributed by atoms with E-state index in [1.54, 1.807) is 0 Å². The maximum absolute atomic E-state index is 7.34. The number of piperidine rings is 1. The van der Waals surface area contributed by atoms with Crippen molar-refractivity contribution in [3.63, 3.8) is 0 Å². The molecular formula is C15H21N3. The molecule has 2 rings (SSSR count). The summed E-state index contributed by atoms with van der Waals surface area (Å²) < 4.78 is 0. The smallest absolute Gasteiger partial charge is 0.0270 e. The maximum atomic E-state index is 7.34. The van der Waals surface area contributed by atoms with Crippen molar-refractivity contribution < 1.29 is 0 Å². The van der Waals surface area contributed by atoms with Crippen LogP contribution in [0.3, 0.4) is 0 Å². The zero-order valence-corrected chi connectivity index (χ0v) is 10.7. The number of rotatable bonds is 4. The molecule has 1 aliphatic heterocycles. The van der Waals surface area contributed by atoms with Gasteiger partial charge >= 0.3 is 0 Å². The topological polar surface area (TPSA) is 61.9 Å². The molecule has 1 saturated heterocycles. The van der Waals surface area contributed by atoms with Crippen LogP contribution >= 0.6 is 0 Å². The predicted octanol–water partition coefficient (Wildman–Crippen LogP) is 2.18. The molecule has 18 heavy (non-hydrogen) atoms. The van der Waals surface area contributed by atoms with Gasteiger partial charge in [0.05, 0.1) is 0 Å². The fraction of sp³-hybridized carbons (Fsp3) is 0.400. The third kappa shape index (κ3) is 3.20. The monoisotopic (exact) mass is 243 g/mol. The number of hydrogen-bond donors (Lipinski definition) is 3. The van der Waals surface area contributed by atoms with Gasteiger partial charge in [-0.2, -0.15) is 0 Å². The summed E-state index contributed by atoms with van der Waals surface area (Å²) in [5.41, 5.74) is 8.70. The van der Waals surface area contributed by atoms with E-state index in [1.807, 2.05) is 6.07 Å². The van der Waals surface area contributed by atoms with Crippen LogP contribution in [0.4, 0.5) is 0 Å². The van der Waals surface area contributed by atoms with E-state index in [4.69, 9.17) is 11.1 Å². The summed E-state index contributed by atoms with van der Waals surface area (Å²) in [5, 5.41) is 10.7. The highest BCUT2D eigenvalue weighted by Gasteiger charge is 2.13. The molecule has 0 atom stereocenters. The van der Waals surface area contributed by atoms with Crippen LogP contribution in [0, 0.1) is 11.3 Å². The van der Waals surface area contributed by atoms with E-state index in [1.165, 1.54) is 30.8 Å². The fourth-order valence-electron chi connectivity index (χ4n) is 2.52. The number of nitrogens with one attached hydrogen (secondary N) is 2. The summed E-state index contributed by atoms with van der Waals surface area (Å²) in [7, 11) is 0. The van der Waals surface area contributed by atoms with Crippen LogP contribution in [-0.4, -0.2) is 19.3 Å². The van der Waals surface area contributed by atoms with Gasteiger partial charge in [0.25, 0.3) is 0 Å². The van der Waals surface area contributed by atoms with Gasteiger partial charge in [0.15, 0.2) is 0 Å². The lowest BCUT2D eigenvalue weighted by Crippen LogP contribution is -2.28.